The number of aliphatic carboxylic acids is 4. The standard InChI is InChI=1S/4C18H15P.C8H10O8.4CH2Cl2.2Ag/c4*1-4-10-16(11-5-1)19(17-12-6-2-7-13-17)18-14-8-3-9-15-18;9-5(10)3(6(11)12)1-2-4(7(13)14)8(15)16;4*2-1-3;;/h4*1-15H;3-4H,1-2H2,(H,9,10)(H,11,12)(H,13,14)(H,15,16);4*1H2;;/q;;;;;;;;;2*+1/p-2. The predicted molar refractivity (Wildman–Crippen MR) is 448 cm³/mol. The number of carboxylic acids is 4. The number of carboxylic acid groups (broad SMARTS) is 4. The van der Waals surface area contributed by atoms with Gasteiger partial charge in [-0.25, -0.2) is 0 Å². The SMILES string of the molecule is ClCCl.ClCCl.ClCCl.ClCCl.O=C([O-])[C@@H](CC[C@@H](C(=O)[O-])C(=O)O)C(=O)O.[Ag+].[Ag+].c1ccc(P(c2ccccc2)c2ccccc2)cc1.c1ccc(P(c2ccccc2)c2ccccc2)cc1.c1ccc(P(c2ccccc2)c2ccccc2)cc1.c1ccc(P(c2ccccc2)c2ccccc2)cc1. The molecule has 12 rings (SSSR count). The molecule has 0 amide bonds. The van der Waals surface area contributed by atoms with Gasteiger partial charge in [0.15, 0.2) is 0 Å². The van der Waals surface area contributed by atoms with Crippen LogP contribution in [0.4, 0.5) is 0 Å². The van der Waals surface area contributed by atoms with Crippen molar-refractivity contribution >= 4 is 212 Å². The molecule has 0 aliphatic carbocycles. The number of carbonyl (C=O) groups is 4. The van der Waals surface area contributed by atoms with Gasteiger partial charge >= 0.3 is 56.7 Å². The summed E-state index contributed by atoms with van der Waals surface area (Å²) in [5.74, 6) is -11.1. The van der Waals surface area contributed by atoms with E-state index in [0.29, 0.717) is 0 Å². The van der Waals surface area contributed by atoms with Crippen LogP contribution >= 0.6 is 124 Å². The van der Waals surface area contributed by atoms with Crippen molar-refractivity contribution in [2.75, 3.05) is 21.4 Å². The third kappa shape index (κ3) is 36.5. The summed E-state index contributed by atoms with van der Waals surface area (Å²) in [4.78, 5) is 41.3. The summed E-state index contributed by atoms with van der Waals surface area (Å²) in [6.07, 6.45) is -1.30. The van der Waals surface area contributed by atoms with Crippen molar-refractivity contribution in [3.63, 3.8) is 0 Å². The number of hydrogen-bond donors (Lipinski definition) is 2. The van der Waals surface area contributed by atoms with Crippen molar-refractivity contribution in [2.45, 2.75) is 12.8 Å². The average Bonchev–Trinajstić information content (AvgIpc) is 0.845. The van der Waals surface area contributed by atoms with E-state index in [1.165, 1.54) is 63.7 Å². The van der Waals surface area contributed by atoms with Crippen molar-refractivity contribution in [1.82, 2.24) is 0 Å². The number of benzene rings is 12. The largest absolute Gasteiger partial charge is 1.00 e. The first-order valence-electron chi connectivity index (χ1n) is 31.9. The van der Waals surface area contributed by atoms with Crippen molar-refractivity contribution < 1.29 is 84.4 Å². The summed E-state index contributed by atoms with van der Waals surface area (Å²) in [6.45, 7) is 0. The Morgan fingerprint density at radius 3 is 0.377 bits per heavy atom. The molecule has 0 radical (unpaired) electrons. The minimum absolute atomic E-state index is 0. The summed E-state index contributed by atoms with van der Waals surface area (Å²) in [5, 5.41) is 54.9. The molecule has 0 heterocycles. The van der Waals surface area contributed by atoms with Crippen LogP contribution in [0.2, 0.25) is 0 Å². The van der Waals surface area contributed by atoms with Gasteiger partial charge in [-0.2, -0.15) is 0 Å². The molecule has 106 heavy (non-hydrogen) atoms. The molecule has 22 heteroatoms. The molecular weight excluding hydrogens is 1760 g/mol. The third-order valence-corrected chi connectivity index (χ3v) is 23.9. The Labute approximate surface area is 699 Å². The summed E-state index contributed by atoms with van der Waals surface area (Å²) in [7, 11) is -1.78. The fourth-order valence-corrected chi connectivity index (χ4v) is 19.0. The first-order chi connectivity index (χ1) is 50.7. The van der Waals surface area contributed by atoms with E-state index in [0.717, 1.165) is 0 Å². The molecule has 8 nitrogen and oxygen atoms in total. The Bertz CT molecular complexity index is 3260. The Morgan fingerprint density at radius 1 is 0.226 bits per heavy atom. The topological polar surface area (TPSA) is 155 Å². The van der Waals surface area contributed by atoms with E-state index < -0.39 is 80.2 Å². The molecule has 2 N–H and O–H groups in total. The number of halogens is 8. The Kier molecular flexibility index (Phi) is 54.3. The maximum Gasteiger partial charge on any atom is 1.00 e. The van der Waals surface area contributed by atoms with Gasteiger partial charge in [-0.05, 0) is 108 Å². The van der Waals surface area contributed by atoms with Crippen molar-refractivity contribution in [2.24, 2.45) is 11.8 Å². The van der Waals surface area contributed by atoms with Gasteiger partial charge in [-0.1, -0.05) is 364 Å². The van der Waals surface area contributed by atoms with Crippen molar-refractivity contribution in [3.8, 4) is 0 Å². The Balaban J connectivity index is 0.000000432. The first kappa shape index (κ1) is 96.1. The van der Waals surface area contributed by atoms with Crippen LogP contribution < -0.4 is 73.9 Å². The van der Waals surface area contributed by atoms with Gasteiger partial charge < -0.3 is 30.0 Å². The van der Waals surface area contributed by atoms with Crippen LogP contribution in [-0.2, 0) is 63.9 Å². The molecule has 0 unspecified atom stereocenters. The number of alkyl halides is 8. The molecule has 558 valence electrons. The molecule has 0 saturated heterocycles. The maximum absolute atomic E-state index is 10.4. The minimum Gasteiger partial charge on any atom is -0.549 e. The van der Waals surface area contributed by atoms with Crippen LogP contribution in [-0.4, -0.2) is 55.4 Å². The van der Waals surface area contributed by atoms with Gasteiger partial charge in [0, 0.05) is 0 Å². The molecular formula is C84H76Ag2Cl8O8P4. The molecule has 12 aromatic carbocycles. The van der Waals surface area contributed by atoms with Crippen LogP contribution in [0.1, 0.15) is 12.8 Å². The fourth-order valence-electron chi connectivity index (χ4n) is 9.73. The summed E-state index contributed by atoms with van der Waals surface area (Å²) in [5.41, 5.74) is 0. The Hall–Kier alpha value is -5.96. The molecule has 0 aliphatic heterocycles. The second kappa shape index (κ2) is 59.9. The first-order valence-corrected chi connectivity index (χ1v) is 41.5. The number of carbonyl (C=O) groups excluding carboxylic acids is 2. The molecule has 0 bridgehead atoms. The average molecular weight is 1840 g/mol. The summed E-state index contributed by atoms with van der Waals surface area (Å²) in [6, 6.07) is 129. The van der Waals surface area contributed by atoms with Gasteiger partial charge in [-0.15, -0.1) is 92.8 Å². The van der Waals surface area contributed by atoms with Gasteiger partial charge in [0.05, 0.1) is 45.1 Å². The van der Waals surface area contributed by atoms with E-state index in [9.17, 15) is 29.4 Å². The van der Waals surface area contributed by atoms with Gasteiger partial charge in [0.2, 0.25) is 0 Å². The zero-order valence-electron chi connectivity index (χ0n) is 56.8. The van der Waals surface area contributed by atoms with Crippen molar-refractivity contribution in [1.29, 1.82) is 0 Å². The van der Waals surface area contributed by atoms with Crippen LogP contribution in [0.25, 0.3) is 0 Å². The van der Waals surface area contributed by atoms with E-state index in [2.05, 4.69) is 364 Å². The van der Waals surface area contributed by atoms with E-state index >= 15 is 0 Å². The molecule has 12 aromatic rings. The van der Waals surface area contributed by atoms with Gasteiger partial charge in [0.25, 0.3) is 0 Å². The summed E-state index contributed by atoms with van der Waals surface area (Å²) >= 11 is 38.1. The van der Waals surface area contributed by atoms with Gasteiger partial charge in [-0.3, -0.25) is 9.59 Å². The predicted octanol–water partition coefficient (Wildman–Crippen LogP) is 16.1. The van der Waals surface area contributed by atoms with E-state index in [1.54, 1.807) is 0 Å². The maximum atomic E-state index is 10.4. The Morgan fingerprint density at radius 2 is 0.311 bits per heavy atom. The zero-order chi connectivity index (χ0) is 75.4. The van der Waals surface area contributed by atoms with E-state index in [1.807, 2.05) is 0 Å². The molecule has 0 aromatic heterocycles. The van der Waals surface area contributed by atoms with Gasteiger partial charge in [0.1, 0.15) is 0 Å². The molecule has 0 spiro atoms. The zero-order valence-corrected chi connectivity index (χ0v) is 69.4. The smallest absolute Gasteiger partial charge is 0.549 e. The normalized spacial score (nSPS) is 10.3. The van der Waals surface area contributed by atoms with Crippen LogP contribution in [0.15, 0.2) is 364 Å². The number of hydrogen-bond acceptors (Lipinski definition) is 6. The fraction of sp³-hybridized carbons (Fsp3) is 0.0952. The van der Waals surface area contributed by atoms with Crippen LogP contribution in [0.3, 0.4) is 0 Å². The van der Waals surface area contributed by atoms with E-state index in [-0.39, 0.29) is 66.1 Å². The molecule has 2 atom stereocenters. The van der Waals surface area contributed by atoms with Crippen LogP contribution in [0, 0.1) is 11.8 Å². The number of rotatable bonds is 19. The second-order valence-corrected chi connectivity index (χ2v) is 32.9. The molecule has 0 saturated carbocycles. The van der Waals surface area contributed by atoms with Crippen LogP contribution in [0.5, 0.6) is 0 Å². The molecule has 0 aliphatic rings. The third-order valence-electron chi connectivity index (χ3n) is 14.1. The monoisotopic (exact) mass is 1830 g/mol. The minimum atomic E-state index is -1.93. The quantitative estimate of drug-likeness (QED) is 0.0351. The van der Waals surface area contributed by atoms with E-state index in [4.69, 9.17) is 103 Å². The van der Waals surface area contributed by atoms with Crippen molar-refractivity contribution in [3.05, 3.63) is 364 Å². The molecule has 0 fully saturated rings. The second-order valence-electron chi connectivity index (χ2n) is 20.8. The summed E-state index contributed by atoms with van der Waals surface area (Å²) < 4.78 is 0.